The van der Waals surface area contributed by atoms with E-state index in [1.165, 1.54) is 6.07 Å². The van der Waals surface area contributed by atoms with E-state index in [-0.39, 0.29) is 11.6 Å². The van der Waals surface area contributed by atoms with E-state index in [2.05, 4.69) is 0 Å². The van der Waals surface area contributed by atoms with Crippen LogP contribution in [0, 0.1) is 5.82 Å². The summed E-state index contributed by atoms with van der Waals surface area (Å²) in [5.41, 5.74) is 0.414. The molecule has 1 nitrogen and oxygen atoms in total. The van der Waals surface area contributed by atoms with Crippen molar-refractivity contribution in [3.8, 4) is 5.75 Å². The molecule has 0 amide bonds. The van der Waals surface area contributed by atoms with E-state index in [1.807, 2.05) is 0 Å². The summed E-state index contributed by atoms with van der Waals surface area (Å²) in [6.45, 7) is 0.118. The molecule has 0 unspecified atom stereocenters. The van der Waals surface area contributed by atoms with Crippen LogP contribution in [-0.4, -0.2) is 0 Å². The molecule has 0 fully saturated rings. The van der Waals surface area contributed by atoms with Crippen molar-refractivity contribution in [3.63, 3.8) is 0 Å². The normalized spacial score (nSPS) is 10.3. The minimum absolute atomic E-state index is 0.0946. The van der Waals surface area contributed by atoms with Crippen molar-refractivity contribution in [2.75, 3.05) is 0 Å². The van der Waals surface area contributed by atoms with Crippen LogP contribution in [0.2, 0.25) is 10.0 Å². The molecule has 0 saturated carbocycles. The van der Waals surface area contributed by atoms with E-state index in [0.29, 0.717) is 16.3 Å². The predicted molar refractivity (Wildman–Crippen MR) is 67.2 cm³/mol. The highest BCUT2D eigenvalue weighted by molar-refractivity contribution is 6.31. The average molecular weight is 271 g/mol. The highest BCUT2D eigenvalue weighted by Gasteiger charge is 2.06. The van der Waals surface area contributed by atoms with E-state index < -0.39 is 5.82 Å². The number of hydrogen-bond acceptors (Lipinski definition) is 1. The molecule has 2 rings (SSSR count). The smallest absolute Gasteiger partial charge is 0.148 e. The zero-order chi connectivity index (χ0) is 12.3. The zero-order valence-corrected chi connectivity index (χ0v) is 10.3. The lowest BCUT2D eigenvalue weighted by Gasteiger charge is -2.07. The van der Waals surface area contributed by atoms with Gasteiger partial charge in [0, 0.05) is 10.6 Å². The Labute approximate surface area is 109 Å². The Bertz CT molecular complexity index is 529. The topological polar surface area (TPSA) is 9.23 Å². The number of ether oxygens (including phenoxy) is 1. The van der Waals surface area contributed by atoms with Crippen LogP contribution in [0.4, 0.5) is 4.39 Å². The fourth-order valence-electron chi connectivity index (χ4n) is 1.38. The number of rotatable bonds is 3. The maximum Gasteiger partial charge on any atom is 0.148 e. The van der Waals surface area contributed by atoms with Crippen LogP contribution in [0.3, 0.4) is 0 Å². The molecule has 0 aromatic heterocycles. The standard InChI is InChI=1S/C13H9Cl2FO/c14-10-4-2-5-11(7-10)17-8-9-3-1-6-12(15)13(9)16/h1-7H,8H2. The summed E-state index contributed by atoms with van der Waals surface area (Å²) >= 11 is 11.5. The van der Waals surface area contributed by atoms with E-state index in [1.54, 1.807) is 36.4 Å². The van der Waals surface area contributed by atoms with Crippen molar-refractivity contribution in [3.05, 3.63) is 63.9 Å². The van der Waals surface area contributed by atoms with E-state index in [9.17, 15) is 4.39 Å². The van der Waals surface area contributed by atoms with Crippen LogP contribution < -0.4 is 4.74 Å². The van der Waals surface area contributed by atoms with Gasteiger partial charge >= 0.3 is 0 Å². The Balaban J connectivity index is 2.10. The number of halogens is 3. The molecule has 0 atom stereocenters. The first-order valence-electron chi connectivity index (χ1n) is 4.98. The Hall–Kier alpha value is -1.25. The molecular weight excluding hydrogens is 262 g/mol. The van der Waals surface area contributed by atoms with E-state index in [4.69, 9.17) is 27.9 Å². The minimum atomic E-state index is -0.448. The van der Waals surface area contributed by atoms with Crippen LogP contribution in [0.1, 0.15) is 5.56 Å². The SMILES string of the molecule is Fc1c(Cl)cccc1COc1cccc(Cl)c1. The summed E-state index contributed by atoms with van der Waals surface area (Å²) in [5.74, 6) is 0.146. The Morgan fingerprint density at radius 2 is 1.82 bits per heavy atom. The van der Waals surface area contributed by atoms with Crippen LogP contribution in [0.15, 0.2) is 42.5 Å². The molecule has 0 saturated heterocycles. The van der Waals surface area contributed by atoms with Crippen molar-refractivity contribution >= 4 is 23.2 Å². The molecule has 17 heavy (non-hydrogen) atoms. The molecule has 0 heterocycles. The van der Waals surface area contributed by atoms with Gasteiger partial charge in [-0.15, -0.1) is 0 Å². The first-order chi connectivity index (χ1) is 8.16. The summed E-state index contributed by atoms with van der Waals surface area (Å²) in [6, 6.07) is 11.8. The van der Waals surface area contributed by atoms with Crippen LogP contribution in [0.5, 0.6) is 5.75 Å². The maximum atomic E-state index is 13.5. The largest absolute Gasteiger partial charge is 0.489 e. The van der Waals surface area contributed by atoms with Gasteiger partial charge < -0.3 is 4.74 Å². The van der Waals surface area contributed by atoms with Gasteiger partial charge in [-0.3, -0.25) is 0 Å². The van der Waals surface area contributed by atoms with Gasteiger partial charge in [-0.1, -0.05) is 41.4 Å². The Morgan fingerprint density at radius 1 is 1.06 bits per heavy atom. The Kier molecular flexibility index (Phi) is 3.87. The van der Waals surface area contributed by atoms with Gasteiger partial charge in [0.25, 0.3) is 0 Å². The molecule has 2 aromatic carbocycles. The molecular formula is C13H9Cl2FO. The highest BCUT2D eigenvalue weighted by atomic mass is 35.5. The molecule has 0 aliphatic carbocycles. The zero-order valence-electron chi connectivity index (χ0n) is 8.79. The fraction of sp³-hybridized carbons (Fsp3) is 0.0769. The maximum absolute atomic E-state index is 13.5. The van der Waals surface area contributed by atoms with Crippen molar-refractivity contribution in [1.82, 2.24) is 0 Å². The first-order valence-corrected chi connectivity index (χ1v) is 5.73. The summed E-state index contributed by atoms with van der Waals surface area (Å²) in [6.07, 6.45) is 0. The fourth-order valence-corrected chi connectivity index (χ4v) is 1.75. The van der Waals surface area contributed by atoms with Gasteiger partial charge in [0.1, 0.15) is 18.2 Å². The first kappa shape index (κ1) is 12.2. The second-order valence-electron chi connectivity index (χ2n) is 3.46. The van der Waals surface area contributed by atoms with Crippen LogP contribution >= 0.6 is 23.2 Å². The van der Waals surface area contributed by atoms with Crippen molar-refractivity contribution in [2.24, 2.45) is 0 Å². The van der Waals surface area contributed by atoms with Crippen molar-refractivity contribution < 1.29 is 9.13 Å². The Morgan fingerprint density at radius 3 is 2.59 bits per heavy atom. The van der Waals surface area contributed by atoms with Crippen molar-refractivity contribution in [1.29, 1.82) is 0 Å². The molecule has 4 heteroatoms. The van der Waals surface area contributed by atoms with E-state index in [0.717, 1.165) is 0 Å². The summed E-state index contributed by atoms with van der Waals surface area (Å²) < 4.78 is 19.0. The van der Waals surface area contributed by atoms with Crippen LogP contribution in [0.25, 0.3) is 0 Å². The quantitative estimate of drug-likeness (QED) is 0.785. The second kappa shape index (κ2) is 5.39. The van der Waals surface area contributed by atoms with Crippen LogP contribution in [-0.2, 0) is 6.61 Å². The molecule has 0 spiro atoms. The van der Waals surface area contributed by atoms with Crippen molar-refractivity contribution in [2.45, 2.75) is 6.61 Å². The van der Waals surface area contributed by atoms with Gasteiger partial charge in [-0.2, -0.15) is 0 Å². The molecule has 0 aliphatic heterocycles. The molecule has 88 valence electrons. The molecule has 0 N–H and O–H groups in total. The lowest BCUT2D eigenvalue weighted by Crippen LogP contribution is -1.98. The molecule has 0 bridgehead atoms. The van der Waals surface area contributed by atoms with Gasteiger partial charge in [0.2, 0.25) is 0 Å². The van der Waals surface area contributed by atoms with Gasteiger partial charge in [-0.25, -0.2) is 4.39 Å². The third-order valence-corrected chi connectivity index (χ3v) is 2.75. The predicted octanol–water partition coefficient (Wildman–Crippen LogP) is 4.71. The lowest BCUT2D eigenvalue weighted by atomic mass is 10.2. The van der Waals surface area contributed by atoms with Gasteiger partial charge in [0.05, 0.1) is 5.02 Å². The van der Waals surface area contributed by atoms with E-state index >= 15 is 0 Å². The lowest BCUT2D eigenvalue weighted by molar-refractivity contribution is 0.300. The van der Waals surface area contributed by atoms with Gasteiger partial charge in [0.15, 0.2) is 0 Å². The molecule has 2 aromatic rings. The third kappa shape index (κ3) is 3.11. The number of benzene rings is 2. The summed E-state index contributed by atoms with van der Waals surface area (Å²) in [4.78, 5) is 0. The average Bonchev–Trinajstić information content (AvgIpc) is 2.31. The molecule has 0 aliphatic rings. The minimum Gasteiger partial charge on any atom is -0.489 e. The number of hydrogen-bond donors (Lipinski definition) is 0. The summed E-state index contributed by atoms with van der Waals surface area (Å²) in [7, 11) is 0. The third-order valence-electron chi connectivity index (χ3n) is 2.22. The van der Waals surface area contributed by atoms with Gasteiger partial charge in [-0.05, 0) is 24.3 Å². The highest BCUT2D eigenvalue weighted by Crippen LogP contribution is 2.21. The summed E-state index contributed by atoms with van der Waals surface area (Å²) in [5, 5.41) is 0.672. The monoisotopic (exact) mass is 270 g/mol. The second-order valence-corrected chi connectivity index (χ2v) is 4.30. The molecule has 0 radical (unpaired) electrons.